The van der Waals surface area contributed by atoms with E-state index < -0.39 is 6.04 Å². The number of anilines is 1. The van der Waals surface area contributed by atoms with Crippen LogP contribution in [0.4, 0.5) is 10.1 Å². The molecule has 0 spiro atoms. The summed E-state index contributed by atoms with van der Waals surface area (Å²) in [5.41, 5.74) is 8.21. The van der Waals surface area contributed by atoms with Crippen LogP contribution in [0.5, 0.6) is 0 Å². The van der Waals surface area contributed by atoms with Crippen molar-refractivity contribution in [3.05, 3.63) is 77.9 Å². The highest BCUT2D eigenvalue weighted by Gasteiger charge is 2.38. The number of hydrazine groups is 2. The van der Waals surface area contributed by atoms with Crippen molar-refractivity contribution in [1.82, 2.24) is 31.4 Å². The van der Waals surface area contributed by atoms with Gasteiger partial charge in [0, 0.05) is 50.1 Å². The molecule has 0 aromatic heterocycles. The van der Waals surface area contributed by atoms with Crippen LogP contribution >= 0.6 is 0 Å². The third kappa shape index (κ3) is 6.55. The summed E-state index contributed by atoms with van der Waals surface area (Å²) >= 11 is 0. The van der Waals surface area contributed by atoms with Crippen LogP contribution in [-0.4, -0.2) is 72.8 Å². The van der Waals surface area contributed by atoms with Gasteiger partial charge < -0.3 is 25.9 Å². The molecule has 3 aliphatic rings. The van der Waals surface area contributed by atoms with Crippen molar-refractivity contribution in [2.24, 2.45) is 0 Å². The summed E-state index contributed by atoms with van der Waals surface area (Å²) in [5.74, 6) is -0.567. The van der Waals surface area contributed by atoms with Gasteiger partial charge in [0.25, 0.3) is 5.91 Å². The van der Waals surface area contributed by atoms with Crippen LogP contribution in [0, 0.1) is 5.82 Å². The number of piperazine rings is 1. The maximum absolute atomic E-state index is 13.4. The van der Waals surface area contributed by atoms with E-state index in [1.54, 1.807) is 35.3 Å². The van der Waals surface area contributed by atoms with Crippen LogP contribution in [0.25, 0.3) is 0 Å². The van der Waals surface area contributed by atoms with Gasteiger partial charge >= 0.3 is 0 Å². The van der Waals surface area contributed by atoms with Gasteiger partial charge in [-0.25, -0.2) is 4.39 Å². The van der Waals surface area contributed by atoms with Gasteiger partial charge in [0.1, 0.15) is 11.9 Å². The van der Waals surface area contributed by atoms with Crippen molar-refractivity contribution < 1.29 is 18.8 Å². The lowest BCUT2D eigenvalue weighted by Gasteiger charge is -2.34. The molecule has 2 aromatic carbocycles. The Labute approximate surface area is 227 Å². The van der Waals surface area contributed by atoms with E-state index >= 15 is 0 Å². The van der Waals surface area contributed by atoms with Crippen LogP contribution in [0.1, 0.15) is 41.1 Å². The van der Waals surface area contributed by atoms with Gasteiger partial charge in [-0.15, -0.1) is 5.53 Å². The Balaban J connectivity index is 1.17. The van der Waals surface area contributed by atoms with E-state index in [2.05, 4.69) is 21.6 Å². The molecular weight excluding hydrogens is 501 g/mol. The van der Waals surface area contributed by atoms with Crippen LogP contribution in [0.2, 0.25) is 0 Å². The number of rotatable bonds is 10. The summed E-state index contributed by atoms with van der Waals surface area (Å²) in [6.07, 6.45) is 5.67. The molecule has 39 heavy (non-hydrogen) atoms. The number of nitrogens with one attached hydrogen (secondary N) is 4. The Hall–Kier alpha value is -3.96. The van der Waals surface area contributed by atoms with Crippen molar-refractivity contribution in [2.75, 3.05) is 38.2 Å². The van der Waals surface area contributed by atoms with Crippen LogP contribution in [0.15, 0.2) is 60.9 Å². The smallest absolute Gasteiger partial charge is 0.251 e. The Morgan fingerprint density at radius 2 is 1.87 bits per heavy atom. The molecule has 1 saturated heterocycles. The molecule has 10 nitrogen and oxygen atoms in total. The van der Waals surface area contributed by atoms with Crippen molar-refractivity contribution >= 4 is 23.4 Å². The third-order valence-electron chi connectivity index (χ3n) is 7.44. The number of carbonyl (C=O) groups is 3. The maximum atomic E-state index is 13.4. The number of likely N-dealkylation sites (N-methyl/N-ethyl adjacent to an activating group) is 1. The molecule has 4 N–H and O–H groups in total. The average Bonchev–Trinajstić information content (AvgIpc) is 3.50. The van der Waals surface area contributed by atoms with Crippen molar-refractivity contribution in [3.8, 4) is 0 Å². The van der Waals surface area contributed by atoms with Crippen molar-refractivity contribution in [1.29, 1.82) is 0 Å². The normalized spacial score (nSPS) is 21.1. The summed E-state index contributed by atoms with van der Waals surface area (Å²) in [6, 6.07) is 13.2. The predicted octanol–water partition coefficient (Wildman–Crippen LogP) is 1.45. The Morgan fingerprint density at radius 1 is 1.10 bits per heavy atom. The van der Waals surface area contributed by atoms with Gasteiger partial charge in [0.05, 0.1) is 12.2 Å². The summed E-state index contributed by atoms with van der Waals surface area (Å²) in [6.45, 7) is 1.60. The average molecular weight is 536 g/mol. The first-order chi connectivity index (χ1) is 18.9. The molecule has 3 atom stereocenters. The zero-order chi connectivity index (χ0) is 27.4. The van der Waals surface area contributed by atoms with E-state index in [-0.39, 0.29) is 30.1 Å². The zero-order valence-electron chi connectivity index (χ0n) is 21.9. The second kappa shape index (κ2) is 11.8. The maximum Gasteiger partial charge on any atom is 0.251 e. The molecule has 0 radical (unpaired) electrons. The first-order valence-corrected chi connectivity index (χ1v) is 13.3. The van der Waals surface area contributed by atoms with E-state index in [0.717, 1.165) is 17.7 Å². The Kier molecular flexibility index (Phi) is 8.08. The highest BCUT2D eigenvalue weighted by Crippen LogP contribution is 2.40. The van der Waals surface area contributed by atoms with Crippen molar-refractivity contribution in [2.45, 2.75) is 37.3 Å². The molecule has 2 heterocycles. The lowest BCUT2D eigenvalue weighted by atomic mass is 10.1. The molecule has 3 amide bonds. The van der Waals surface area contributed by atoms with E-state index in [1.807, 2.05) is 30.5 Å². The second-order valence-corrected chi connectivity index (χ2v) is 10.2. The molecule has 1 saturated carbocycles. The molecule has 11 heteroatoms. The summed E-state index contributed by atoms with van der Waals surface area (Å²) < 4.78 is 13.2. The molecule has 1 aliphatic carbocycles. The molecule has 0 bridgehead atoms. The van der Waals surface area contributed by atoms with Crippen molar-refractivity contribution in [3.63, 3.8) is 0 Å². The van der Waals surface area contributed by atoms with Crippen LogP contribution in [0.3, 0.4) is 0 Å². The van der Waals surface area contributed by atoms with E-state index in [9.17, 15) is 18.8 Å². The van der Waals surface area contributed by atoms with Gasteiger partial charge in [0.2, 0.25) is 11.8 Å². The standard InChI is InChI=1S/C28H34FN7O3/c1-34-15-16-35(18-26(34)37)28(39)24(3-2-12-30-25-17-23(25)19-4-8-21(29)9-5-19)32-27(38)20-6-10-22(11-7-20)36-14-13-31-33-36/h4-11,13-14,23-25,30-31,33H,2-3,12,15-18H2,1H3,(H,32,38)/t23-,24-,25+/m0/s1. The summed E-state index contributed by atoms with van der Waals surface area (Å²) in [4.78, 5) is 41.9. The highest BCUT2D eigenvalue weighted by molar-refractivity contribution is 5.98. The predicted molar refractivity (Wildman–Crippen MR) is 145 cm³/mol. The molecule has 5 rings (SSSR count). The fourth-order valence-corrected chi connectivity index (χ4v) is 4.94. The Bertz CT molecular complexity index is 1220. The minimum atomic E-state index is -0.741. The topological polar surface area (TPSA) is 109 Å². The highest BCUT2D eigenvalue weighted by atomic mass is 19.1. The molecule has 206 valence electrons. The SMILES string of the molecule is CN1CCN(C(=O)[C@H](CCCN[C@@H]2C[C@H]2c2ccc(F)cc2)NC(=O)c2ccc(N3C=CNN3)cc2)CC1=O. The fourth-order valence-electron chi connectivity index (χ4n) is 4.94. The minimum absolute atomic E-state index is 0.0143. The molecular formula is C28H34FN7O3. The molecule has 0 unspecified atom stereocenters. The number of hydrogen-bond donors (Lipinski definition) is 4. The third-order valence-corrected chi connectivity index (χ3v) is 7.44. The second-order valence-electron chi connectivity index (χ2n) is 10.2. The number of carbonyl (C=O) groups excluding carboxylic acids is 3. The summed E-state index contributed by atoms with van der Waals surface area (Å²) in [7, 11) is 1.72. The monoisotopic (exact) mass is 535 g/mol. The first kappa shape index (κ1) is 26.6. The number of benzene rings is 2. The van der Waals surface area contributed by atoms with E-state index in [0.29, 0.717) is 50.0 Å². The quantitative estimate of drug-likeness (QED) is 0.341. The van der Waals surface area contributed by atoms with Gasteiger partial charge in [0.15, 0.2) is 0 Å². The number of amides is 3. The summed E-state index contributed by atoms with van der Waals surface area (Å²) in [5, 5.41) is 8.20. The van der Waals surface area contributed by atoms with E-state index in [4.69, 9.17) is 0 Å². The van der Waals surface area contributed by atoms with Gasteiger partial charge in [-0.1, -0.05) is 12.1 Å². The molecule has 2 aliphatic heterocycles. The number of halogens is 1. The lowest BCUT2D eigenvalue weighted by Crippen LogP contribution is -2.56. The van der Waals surface area contributed by atoms with Gasteiger partial charge in [-0.2, -0.15) is 0 Å². The van der Waals surface area contributed by atoms with Gasteiger partial charge in [-0.3, -0.25) is 19.4 Å². The largest absolute Gasteiger partial charge is 0.342 e. The first-order valence-electron chi connectivity index (χ1n) is 13.3. The van der Waals surface area contributed by atoms with E-state index in [1.165, 1.54) is 17.0 Å². The lowest BCUT2D eigenvalue weighted by molar-refractivity contribution is -0.145. The van der Waals surface area contributed by atoms with Crippen LogP contribution in [-0.2, 0) is 9.59 Å². The number of hydrogen-bond acceptors (Lipinski definition) is 7. The van der Waals surface area contributed by atoms with Crippen LogP contribution < -0.4 is 26.6 Å². The molecule has 2 aromatic rings. The Morgan fingerprint density at radius 3 is 2.56 bits per heavy atom. The van der Waals surface area contributed by atoms with Gasteiger partial charge in [-0.05, 0) is 67.8 Å². The fraction of sp³-hybridized carbons (Fsp3) is 0.393. The zero-order valence-corrected chi connectivity index (χ0v) is 21.9. The molecule has 2 fully saturated rings. The number of nitrogens with zero attached hydrogens (tertiary/aromatic N) is 3. The minimum Gasteiger partial charge on any atom is -0.342 e.